The number of hydrogen-bond acceptors (Lipinski definition) is 4. The van der Waals surface area contributed by atoms with Crippen molar-refractivity contribution in [1.82, 2.24) is 19.6 Å². The lowest BCUT2D eigenvalue weighted by Gasteiger charge is -1.99. The van der Waals surface area contributed by atoms with Crippen molar-refractivity contribution < 1.29 is 0 Å². The van der Waals surface area contributed by atoms with Crippen LogP contribution >= 0.6 is 11.3 Å². The normalized spacial score (nSPS) is 12.4. The molecule has 5 aromatic rings. The molecule has 0 saturated heterocycles. The first-order valence-corrected chi connectivity index (χ1v) is 9.46. The maximum absolute atomic E-state index is 13.0. The van der Waals surface area contributed by atoms with Crippen LogP contribution in [0.3, 0.4) is 0 Å². The van der Waals surface area contributed by atoms with Gasteiger partial charge in [0.2, 0.25) is 0 Å². The average molecular weight is 372 g/mol. The van der Waals surface area contributed by atoms with E-state index in [0.29, 0.717) is 4.53 Å². The second-order valence-corrected chi connectivity index (χ2v) is 7.65. The summed E-state index contributed by atoms with van der Waals surface area (Å²) in [5, 5.41) is 7.19. The Morgan fingerprint density at radius 3 is 2.70 bits per heavy atom. The Kier molecular flexibility index (Phi) is 3.48. The van der Waals surface area contributed by atoms with E-state index in [1.807, 2.05) is 48.5 Å². The van der Waals surface area contributed by atoms with Gasteiger partial charge in [0.25, 0.3) is 5.56 Å². The minimum atomic E-state index is -0.0408. The van der Waals surface area contributed by atoms with Gasteiger partial charge in [0.05, 0.1) is 27.5 Å². The van der Waals surface area contributed by atoms with Gasteiger partial charge < -0.3 is 0 Å². The zero-order chi connectivity index (χ0) is 18.5. The third kappa shape index (κ3) is 2.49. The van der Waals surface area contributed by atoms with Gasteiger partial charge >= 0.3 is 0 Å². The van der Waals surface area contributed by atoms with Crippen LogP contribution in [0.5, 0.6) is 0 Å². The van der Waals surface area contributed by atoms with Gasteiger partial charge in [-0.3, -0.25) is 9.89 Å². The lowest BCUT2D eigenvalue weighted by Crippen LogP contribution is -2.22. The highest BCUT2D eigenvalue weighted by Crippen LogP contribution is 2.22. The van der Waals surface area contributed by atoms with Gasteiger partial charge in [0.15, 0.2) is 4.96 Å². The van der Waals surface area contributed by atoms with Crippen molar-refractivity contribution in [2.75, 3.05) is 0 Å². The molecule has 0 aliphatic heterocycles. The number of H-pyrrole nitrogens is 1. The molecular weight excluding hydrogens is 356 g/mol. The summed E-state index contributed by atoms with van der Waals surface area (Å²) in [6.07, 6.45) is 3.64. The molecule has 132 valence electrons. The standard InChI is InChI=1S/C21H16N4OS/c1-12-8-16-17(9-13(12)2)25-20(26)18(27-21(25)23-16)10-15-11-22-24-19(15)14-6-4-3-5-7-14/h3-11H,1-2H3,(H,22,24)/b18-10+. The maximum Gasteiger partial charge on any atom is 0.274 e. The fourth-order valence-electron chi connectivity index (χ4n) is 3.30. The summed E-state index contributed by atoms with van der Waals surface area (Å²) in [6, 6.07) is 14.0. The molecule has 0 aliphatic carbocycles. The fourth-order valence-corrected chi connectivity index (χ4v) is 4.28. The Bertz CT molecular complexity index is 1410. The lowest BCUT2D eigenvalue weighted by atomic mass is 10.1. The van der Waals surface area contributed by atoms with Gasteiger partial charge in [0.1, 0.15) is 0 Å². The van der Waals surface area contributed by atoms with Crippen LogP contribution in [0.4, 0.5) is 0 Å². The number of hydrogen-bond donors (Lipinski definition) is 1. The SMILES string of the molecule is Cc1cc2nc3s/c(=C/c4cn[nH]c4-c4ccccc4)c(=O)n3c2cc1C. The van der Waals surface area contributed by atoms with E-state index in [2.05, 4.69) is 29.0 Å². The summed E-state index contributed by atoms with van der Waals surface area (Å²) in [5.74, 6) is 0. The molecule has 3 aromatic heterocycles. The van der Waals surface area contributed by atoms with E-state index in [1.165, 1.54) is 16.9 Å². The van der Waals surface area contributed by atoms with Gasteiger partial charge in [-0.15, -0.1) is 0 Å². The highest BCUT2D eigenvalue weighted by atomic mass is 32.1. The molecule has 0 fully saturated rings. The van der Waals surface area contributed by atoms with Crippen LogP contribution in [0.2, 0.25) is 0 Å². The number of nitrogens with one attached hydrogen (secondary N) is 1. The monoisotopic (exact) mass is 372 g/mol. The number of aromatic nitrogens is 4. The number of imidazole rings is 1. The van der Waals surface area contributed by atoms with Crippen molar-refractivity contribution in [3.8, 4) is 11.3 Å². The van der Waals surface area contributed by atoms with Crippen LogP contribution in [0, 0.1) is 13.8 Å². The van der Waals surface area contributed by atoms with Crippen molar-refractivity contribution in [1.29, 1.82) is 0 Å². The Balaban J connectivity index is 1.73. The molecule has 0 saturated carbocycles. The quantitative estimate of drug-likeness (QED) is 0.516. The van der Waals surface area contributed by atoms with Crippen molar-refractivity contribution in [3.05, 3.63) is 80.2 Å². The number of benzene rings is 2. The Hall–Kier alpha value is -3.25. The van der Waals surface area contributed by atoms with E-state index >= 15 is 0 Å². The molecule has 27 heavy (non-hydrogen) atoms. The summed E-state index contributed by atoms with van der Waals surface area (Å²) in [6.45, 7) is 4.11. The number of thiazole rings is 1. The minimum absolute atomic E-state index is 0.0408. The highest BCUT2D eigenvalue weighted by molar-refractivity contribution is 7.15. The molecular formula is C21H16N4OS. The summed E-state index contributed by atoms with van der Waals surface area (Å²) in [4.78, 5) is 18.4. The summed E-state index contributed by atoms with van der Waals surface area (Å²) < 4.78 is 2.36. The molecule has 1 N–H and O–H groups in total. The van der Waals surface area contributed by atoms with Crippen LogP contribution < -0.4 is 10.1 Å². The van der Waals surface area contributed by atoms with Crippen molar-refractivity contribution in [2.24, 2.45) is 0 Å². The van der Waals surface area contributed by atoms with Crippen LogP contribution in [0.15, 0.2) is 53.5 Å². The van der Waals surface area contributed by atoms with Gasteiger partial charge in [-0.1, -0.05) is 41.7 Å². The number of rotatable bonds is 2. The topological polar surface area (TPSA) is 63.0 Å². The van der Waals surface area contributed by atoms with Gasteiger partial charge in [-0.25, -0.2) is 9.38 Å². The average Bonchev–Trinajstić information content (AvgIpc) is 3.33. The van der Waals surface area contributed by atoms with E-state index < -0.39 is 0 Å². The lowest BCUT2D eigenvalue weighted by molar-refractivity contribution is 1.10. The van der Waals surface area contributed by atoms with E-state index in [9.17, 15) is 4.79 Å². The molecule has 0 amide bonds. The second-order valence-electron chi connectivity index (χ2n) is 6.64. The third-order valence-corrected chi connectivity index (χ3v) is 5.84. The van der Waals surface area contributed by atoms with Gasteiger partial charge in [-0.05, 0) is 43.2 Å². The first-order valence-electron chi connectivity index (χ1n) is 8.64. The number of fused-ring (bicyclic) bond motifs is 3. The molecule has 5 nitrogen and oxygen atoms in total. The van der Waals surface area contributed by atoms with Crippen LogP contribution in [0.25, 0.3) is 33.3 Å². The molecule has 6 heteroatoms. The number of aryl methyl sites for hydroxylation is 2. The maximum atomic E-state index is 13.0. The summed E-state index contributed by atoms with van der Waals surface area (Å²) in [7, 11) is 0. The Morgan fingerprint density at radius 1 is 1.11 bits per heavy atom. The van der Waals surface area contributed by atoms with E-state index in [4.69, 9.17) is 0 Å². The largest absolute Gasteiger partial charge is 0.277 e. The predicted molar refractivity (Wildman–Crippen MR) is 109 cm³/mol. The third-order valence-electron chi connectivity index (χ3n) is 4.87. The first kappa shape index (κ1) is 16.0. The highest BCUT2D eigenvalue weighted by Gasteiger charge is 2.13. The molecule has 5 rings (SSSR count). The van der Waals surface area contributed by atoms with E-state index in [-0.39, 0.29) is 5.56 Å². The molecule has 2 aromatic carbocycles. The van der Waals surface area contributed by atoms with Gasteiger partial charge in [0, 0.05) is 11.1 Å². The molecule has 0 aliphatic rings. The fraction of sp³-hybridized carbons (Fsp3) is 0.0952. The number of nitrogens with zero attached hydrogens (tertiary/aromatic N) is 3. The second kappa shape index (κ2) is 5.89. The molecule has 3 heterocycles. The van der Waals surface area contributed by atoms with E-state index in [1.54, 1.807) is 10.6 Å². The minimum Gasteiger partial charge on any atom is -0.277 e. The van der Waals surface area contributed by atoms with Crippen molar-refractivity contribution >= 4 is 33.4 Å². The molecule has 0 unspecified atom stereocenters. The first-order chi connectivity index (χ1) is 13.1. The van der Waals surface area contributed by atoms with Crippen molar-refractivity contribution in [3.63, 3.8) is 0 Å². The molecule has 0 atom stereocenters. The van der Waals surface area contributed by atoms with Crippen LogP contribution in [-0.2, 0) is 0 Å². The van der Waals surface area contributed by atoms with E-state index in [0.717, 1.165) is 38.4 Å². The molecule has 0 radical (unpaired) electrons. The molecule has 0 bridgehead atoms. The smallest absolute Gasteiger partial charge is 0.274 e. The predicted octanol–water partition coefficient (Wildman–Crippen LogP) is 3.46. The summed E-state index contributed by atoms with van der Waals surface area (Å²) >= 11 is 1.41. The Morgan fingerprint density at radius 2 is 1.89 bits per heavy atom. The van der Waals surface area contributed by atoms with Crippen molar-refractivity contribution in [2.45, 2.75) is 13.8 Å². The van der Waals surface area contributed by atoms with Crippen LogP contribution in [-0.4, -0.2) is 19.6 Å². The molecule has 0 spiro atoms. The number of aromatic amines is 1. The summed E-state index contributed by atoms with van der Waals surface area (Å²) in [5.41, 5.74) is 6.84. The zero-order valence-electron chi connectivity index (χ0n) is 14.9. The van der Waals surface area contributed by atoms with Crippen LogP contribution in [0.1, 0.15) is 16.7 Å². The zero-order valence-corrected chi connectivity index (χ0v) is 15.7. The Labute approximate surface area is 158 Å². The van der Waals surface area contributed by atoms with Gasteiger partial charge in [-0.2, -0.15) is 5.10 Å².